The zero-order valence-corrected chi connectivity index (χ0v) is 11.3. The number of hydrogen-bond donors (Lipinski definition) is 2. The highest BCUT2D eigenvalue weighted by Crippen LogP contribution is 2.15. The summed E-state index contributed by atoms with van der Waals surface area (Å²) in [5.41, 5.74) is 7.00. The molecule has 2 amide bonds. The van der Waals surface area contributed by atoms with Crippen molar-refractivity contribution in [2.24, 2.45) is 5.73 Å². The highest BCUT2D eigenvalue weighted by Gasteiger charge is 2.05. The number of carbonyl (C=O) groups is 2. The molecule has 1 aromatic rings. The zero-order valence-electron chi connectivity index (χ0n) is 10.4. The van der Waals surface area contributed by atoms with Crippen LogP contribution in [-0.2, 0) is 16.0 Å². The van der Waals surface area contributed by atoms with Crippen molar-refractivity contribution >= 4 is 29.3 Å². The van der Waals surface area contributed by atoms with Crippen LogP contribution in [0.4, 0.5) is 5.69 Å². The molecule has 0 fully saturated rings. The van der Waals surface area contributed by atoms with Gasteiger partial charge in [0.25, 0.3) is 0 Å². The lowest BCUT2D eigenvalue weighted by Gasteiger charge is -2.09. The minimum atomic E-state index is -0.350. The van der Waals surface area contributed by atoms with Crippen LogP contribution in [0.15, 0.2) is 24.3 Å². The van der Waals surface area contributed by atoms with Crippen molar-refractivity contribution in [2.75, 3.05) is 16.8 Å². The molecule has 0 saturated carbocycles. The molecule has 0 atom stereocenters. The molecule has 3 N–H and O–H groups in total. The number of benzene rings is 1. The molecule has 5 heteroatoms. The molecule has 0 heterocycles. The quantitative estimate of drug-likeness (QED) is 0.739. The second kappa shape index (κ2) is 7.76. The van der Waals surface area contributed by atoms with Gasteiger partial charge in [0, 0.05) is 17.9 Å². The Morgan fingerprint density at radius 3 is 2.72 bits per heavy atom. The first-order chi connectivity index (χ1) is 8.63. The van der Waals surface area contributed by atoms with Gasteiger partial charge >= 0.3 is 0 Å². The third-order valence-electron chi connectivity index (χ3n) is 2.39. The smallest absolute Gasteiger partial charge is 0.227 e. The maximum Gasteiger partial charge on any atom is 0.227 e. The number of amides is 2. The van der Waals surface area contributed by atoms with E-state index < -0.39 is 0 Å². The maximum atomic E-state index is 11.7. The summed E-state index contributed by atoms with van der Waals surface area (Å²) < 4.78 is 0. The van der Waals surface area contributed by atoms with Crippen molar-refractivity contribution in [1.29, 1.82) is 0 Å². The Labute approximate surface area is 111 Å². The molecule has 98 valence electrons. The molecule has 0 saturated heterocycles. The van der Waals surface area contributed by atoms with Crippen molar-refractivity contribution in [3.05, 3.63) is 29.8 Å². The van der Waals surface area contributed by atoms with Gasteiger partial charge in [-0.2, -0.15) is 11.8 Å². The van der Waals surface area contributed by atoms with E-state index in [1.165, 1.54) is 11.8 Å². The van der Waals surface area contributed by atoms with Crippen molar-refractivity contribution in [1.82, 2.24) is 0 Å². The largest absolute Gasteiger partial charge is 0.369 e. The van der Waals surface area contributed by atoms with Gasteiger partial charge in [0.15, 0.2) is 0 Å². The third-order valence-corrected chi connectivity index (χ3v) is 3.37. The topological polar surface area (TPSA) is 72.2 Å². The Hall–Kier alpha value is -1.49. The van der Waals surface area contributed by atoms with E-state index in [2.05, 4.69) is 5.32 Å². The SMILES string of the molecule is CCc1ccccc1NC(=O)CCSCC(N)=O. The van der Waals surface area contributed by atoms with E-state index in [9.17, 15) is 9.59 Å². The van der Waals surface area contributed by atoms with Crippen LogP contribution in [0.25, 0.3) is 0 Å². The molecule has 1 rings (SSSR count). The number of nitrogens with one attached hydrogen (secondary N) is 1. The fourth-order valence-electron chi connectivity index (χ4n) is 1.50. The van der Waals surface area contributed by atoms with Crippen LogP contribution in [0.5, 0.6) is 0 Å². The number of hydrogen-bond acceptors (Lipinski definition) is 3. The van der Waals surface area contributed by atoms with Crippen LogP contribution in [0.2, 0.25) is 0 Å². The van der Waals surface area contributed by atoms with Gasteiger partial charge < -0.3 is 11.1 Å². The van der Waals surface area contributed by atoms with Crippen LogP contribution in [0.3, 0.4) is 0 Å². The summed E-state index contributed by atoms with van der Waals surface area (Å²) in [7, 11) is 0. The summed E-state index contributed by atoms with van der Waals surface area (Å²) in [4.78, 5) is 22.2. The zero-order chi connectivity index (χ0) is 13.4. The van der Waals surface area contributed by atoms with E-state index in [1.54, 1.807) is 0 Å². The van der Waals surface area contributed by atoms with E-state index in [4.69, 9.17) is 5.73 Å². The van der Waals surface area contributed by atoms with E-state index in [0.717, 1.165) is 17.7 Å². The van der Waals surface area contributed by atoms with Gasteiger partial charge in [-0.3, -0.25) is 9.59 Å². The summed E-state index contributed by atoms with van der Waals surface area (Å²) in [5.74, 6) is 0.478. The van der Waals surface area contributed by atoms with Crippen LogP contribution in [0, 0.1) is 0 Å². The summed E-state index contributed by atoms with van der Waals surface area (Å²) in [6.45, 7) is 2.05. The summed E-state index contributed by atoms with van der Waals surface area (Å²) in [5, 5.41) is 2.88. The lowest BCUT2D eigenvalue weighted by Crippen LogP contribution is -2.16. The molecule has 0 spiro atoms. The Morgan fingerprint density at radius 1 is 1.33 bits per heavy atom. The fraction of sp³-hybridized carbons (Fsp3) is 0.385. The predicted molar refractivity (Wildman–Crippen MR) is 75.6 cm³/mol. The minimum Gasteiger partial charge on any atom is -0.369 e. The van der Waals surface area contributed by atoms with Crippen molar-refractivity contribution in [3.63, 3.8) is 0 Å². The molecular formula is C13H18N2O2S. The Balaban J connectivity index is 2.37. The van der Waals surface area contributed by atoms with E-state index in [0.29, 0.717) is 12.2 Å². The molecule has 0 radical (unpaired) electrons. The normalized spacial score (nSPS) is 10.1. The highest BCUT2D eigenvalue weighted by atomic mass is 32.2. The molecule has 0 unspecified atom stereocenters. The number of aryl methyl sites for hydroxylation is 1. The Bertz CT molecular complexity index is 421. The number of primary amides is 1. The average Bonchev–Trinajstić information content (AvgIpc) is 2.35. The maximum absolute atomic E-state index is 11.7. The van der Waals surface area contributed by atoms with Crippen LogP contribution < -0.4 is 11.1 Å². The van der Waals surface area contributed by atoms with Crippen LogP contribution >= 0.6 is 11.8 Å². The summed E-state index contributed by atoms with van der Waals surface area (Å²) in [6, 6.07) is 7.75. The van der Waals surface area contributed by atoms with Gasteiger partial charge in [0.05, 0.1) is 5.75 Å². The van der Waals surface area contributed by atoms with Gasteiger partial charge in [0.2, 0.25) is 11.8 Å². The summed E-state index contributed by atoms with van der Waals surface area (Å²) in [6.07, 6.45) is 1.27. The second-order valence-corrected chi connectivity index (χ2v) is 4.93. The molecular weight excluding hydrogens is 248 g/mol. The predicted octanol–water partition coefficient (Wildman–Crippen LogP) is 1.80. The molecule has 1 aromatic carbocycles. The number of rotatable bonds is 7. The van der Waals surface area contributed by atoms with Gasteiger partial charge in [-0.1, -0.05) is 25.1 Å². The number of carbonyl (C=O) groups excluding carboxylic acids is 2. The monoisotopic (exact) mass is 266 g/mol. The molecule has 0 aliphatic carbocycles. The van der Waals surface area contributed by atoms with E-state index >= 15 is 0 Å². The third kappa shape index (κ3) is 5.23. The molecule has 18 heavy (non-hydrogen) atoms. The molecule has 0 bridgehead atoms. The van der Waals surface area contributed by atoms with E-state index in [1.807, 2.05) is 31.2 Å². The fourth-order valence-corrected chi connectivity index (χ4v) is 2.18. The second-order valence-electron chi connectivity index (χ2n) is 3.83. The molecule has 0 aliphatic rings. The highest BCUT2D eigenvalue weighted by molar-refractivity contribution is 7.99. The number of thioether (sulfide) groups is 1. The minimum absolute atomic E-state index is 0.0344. The molecule has 0 aliphatic heterocycles. The Kier molecular flexibility index (Phi) is 6.28. The van der Waals surface area contributed by atoms with E-state index in [-0.39, 0.29) is 17.6 Å². The number of anilines is 1. The first-order valence-electron chi connectivity index (χ1n) is 5.87. The first kappa shape index (κ1) is 14.6. The van der Waals surface area contributed by atoms with Crippen molar-refractivity contribution in [3.8, 4) is 0 Å². The lowest BCUT2D eigenvalue weighted by molar-refractivity contribution is -0.116. The average molecular weight is 266 g/mol. The summed E-state index contributed by atoms with van der Waals surface area (Å²) >= 11 is 1.37. The lowest BCUT2D eigenvalue weighted by atomic mass is 10.1. The molecule has 0 aromatic heterocycles. The standard InChI is InChI=1S/C13H18N2O2S/c1-2-10-5-3-4-6-11(10)15-13(17)7-8-18-9-12(14)16/h3-6H,2,7-9H2,1H3,(H2,14,16)(H,15,17). The van der Waals surface area contributed by atoms with Crippen LogP contribution in [-0.4, -0.2) is 23.3 Å². The van der Waals surface area contributed by atoms with Gasteiger partial charge in [0.1, 0.15) is 0 Å². The van der Waals surface area contributed by atoms with Gasteiger partial charge in [-0.05, 0) is 18.1 Å². The van der Waals surface area contributed by atoms with Gasteiger partial charge in [-0.25, -0.2) is 0 Å². The molecule has 4 nitrogen and oxygen atoms in total. The Morgan fingerprint density at radius 2 is 2.06 bits per heavy atom. The number of para-hydroxylation sites is 1. The number of nitrogens with two attached hydrogens (primary N) is 1. The van der Waals surface area contributed by atoms with Crippen LogP contribution in [0.1, 0.15) is 18.9 Å². The van der Waals surface area contributed by atoms with Crippen molar-refractivity contribution in [2.45, 2.75) is 19.8 Å². The first-order valence-corrected chi connectivity index (χ1v) is 7.02. The van der Waals surface area contributed by atoms with Gasteiger partial charge in [-0.15, -0.1) is 0 Å². The van der Waals surface area contributed by atoms with Crippen molar-refractivity contribution < 1.29 is 9.59 Å².